The van der Waals surface area contributed by atoms with Crippen molar-refractivity contribution < 1.29 is 9.90 Å². The van der Waals surface area contributed by atoms with Crippen molar-refractivity contribution in [2.24, 2.45) is 0 Å². The van der Waals surface area contributed by atoms with Crippen LogP contribution in [0.15, 0.2) is 22.7 Å². The van der Waals surface area contributed by atoms with Crippen LogP contribution in [0.4, 0.5) is 0 Å². The molecular weight excluding hydrogens is 323 g/mol. The van der Waals surface area contributed by atoms with E-state index in [1.54, 1.807) is 12.1 Å². The van der Waals surface area contributed by atoms with E-state index < -0.39 is 5.97 Å². The lowest BCUT2D eigenvalue weighted by Crippen LogP contribution is -2.22. The van der Waals surface area contributed by atoms with Crippen molar-refractivity contribution in [1.82, 2.24) is 0 Å². The van der Waals surface area contributed by atoms with Crippen molar-refractivity contribution in [3.8, 4) is 0 Å². The summed E-state index contributed by atoms with van der Waals surface area (Å²) in [4.78, 5) is 10.4. The Kier molecular flexibility index (Phi) is 2.89. The number of aromatic carboxylic acids is 1. The zero-order valence-electron chi connectivity index (χ0n) is 5.30. The highest BCUT2D eigenvalue weighted by Crippen LogP contribution is 2.18. The molecule has 0 amide bonds. The van der Waals surface area contributed by atoms with Crippen LogP contribution in [0.2, 0.25) is 0 Å². The van der Waals surface area contributed by atoms with Gasteiger partial charge in [0.1, 0.15) is 0 Å². The summed E-state index contributed by atoms with van der Waals surface area (Å²) in [5.74, 6) is -1.16. The van der Waals surface area contributed by atoms with Crippen LogP contribution in [-0.2, 0) is 0 Å². The Morgan fingerprint density at radius 3 is 2.64 bits per heavy atom. The third-order valence-corrected chi connectivity index (χ3v) is 2.51. The number of benzene rings is 1. The third-order valence-electron chi connectivity index (χ3n) is 1.15. The fourth-order valence-electron chi connectivity index (χ4n) is 0.654. The highest BCUT2D eigenvalue weighted by atomic mass is 127. The number of carbonyl (C=O) groups is 1. The lowest BCUT2D eigenvalue weighted by atomic mass is 10.2. The molecule has 0 fully saturated rings. The minimum absolute atomic E-state index is 0.192. The van der Waals surface area contributed by atoms with Crippen LogP contribution in [0.5, 0.6) is 0 Å². The lowest BCUT2D eigenvalue weighted by molar-refractivity contribution is -0.255. The Balaban J connectivity index is 3.23. The predicted octanol–water partition coefficient (Wildman–Crippen LogP) is 1.42. The average Bonchev–Trinajstić information content (AvgIpc) is 1.94. The highest BCUT2D eigenvalue weighted by Gasteiger charge is 1.99. The van der Waals surface area contributed by atoms with Crippen molar-refractivity contribution in [3.05, 3.63) is 31.8 Å². The average molecular weight is 326 g/mol. The summed E-state index contributed by atoms with van der Waals surface area (Å²) in [6.45, 7) is 0. The number of carbonyl (C=O) groups excluding carboxylic acids is 1. The minimum Gasteiger partial charge on any atom is -0.545 e. The van der Waals surface area contributed by atoms with Crippen LogP contribution in [0.3, 0.4) is 0 Å². The molecule has 0 N–H and O–H groups in total. The van der Waals surface area contributed by atoms with Gasteiger partial charge in [-0.2, -0.15) is 0 Å². The van der Waals surface area contributed by atoms with Crippen molar-refractivity contribution in [2.45, 2.75) is 0 Å². The van der Waals surface area contributed by atoms with Gasteiger partial charge in [0.25, 0.3) is 0 Å². The second-order valence-corrected chi connectivity index (χ2v) is 4.01. The molecule has 0 saturated carbocycles. The number of carboxylic acids is 1. The zero-order chi connectivity index (χ0) is 8.43. The molecule has 1 aromatic carbocycles. The Hall–Kier alpha value is -0.100. The Morgan fingerprint density at radius 2 is 2.18 bits per heavy atom. The van der Waals surface area contributed by atoms with Crippen LogP contribution in [0.25, 0.3) is 0 Å². The third kappa shape index (κ3) is 2.16. The summed E-state index contributed by atoms with van der Waals surface area (Å²) in [6.07, 6.45) is 0. The van der Waals surface area contributed by atoms with Gasteiger partial charge in [-0.25, -0.2) is 0 Å². The van der Waals surface area contributed by atoms with Gasteiger partial charge in [0.05, 0.1) is 5.97 Å². The first-order chi connectivity index (χ1) is 5.11. The molecule has 0 spiro atoms. The number of rotatable bonds is 1. The molecule has 0 radical (unpaired) electrons. The molecule has 0 bridgehead atoms. The standard InChI is InChI=1S/C7H4BrIO2/c8-6-2-1-4(9)3-5(6)7(10)11/h1-3H,(H,10,11)/p-1. The maximum atomic E-state index is 10.4. The maximum absolute atomic E-state index is 10.4. The van der Waals surface area contributed by atoms with Crippen LogP contribution in [0, 0.1) is 3.57 Å². The van der Waals surface area contributed by atoms with Crippen LogP contribution >= 0.6 is 38.5 Å². The van der Waals surface area contributed by atoms with Gasteiger partial charge in [0.2, 0.25) is 0 Å². The van der Waals surface area contributed by atoms with Crippen LogP contribution in [-0.4, -0.2) is 5.97 Å². The van der Waals surface area contributed by atoms with E-state index in [0.29, 0.717) is 4.47 Å². The van der Waals surface area contributed by atoms with E-state index in [2.05, 4.69) is 15.9 Å². The molecular formula is C7H3BrIO2-. The fraction of sp³-hybridized carbons (Fsp3) is 0. The predicted molar refractivity (Wildman–Crippen MR) is 51.2 cm³/mol. The van der Waals surface area contributed by atoms with Gasteiger partial charge in [0, 0.05) is 13.6 Å². The second kappa shape index (κ2) is 3.53. The van der Waals surface area contributed by atoms with E-state index in [1.807, 2.05) is 28.7 Å². The molecule has 2 nitrogen and oxygen atoms in total. The summed E-state index contributed by atoms with van der Waals surface area (Å²) in [6, 6.07) is 5.06. The Labute approximate surface area is 85.9 Å². The van der Waals surface area contributed by atoms with Gasteiger partial charge >= 0.3 is 0 Å². The molecule has 1 rings (SSSR count). The molecule has 0 saturated heterocycles. The first-order valence-corrected chi connectivity index (χ1v) is 4.65. The summed E-state index contributed by atoms with van der Waals surface area (Å²) in [5.41, 5.74) is 0.192. The van der Waals surface area contributed by atoms with Gasteiger partial charge in [-0.1, -0.05) is 15.9 Å². The molecule has 0 aliphatic carbocycles. The molecule has 4 heteroatoms. The first-order valence-electron chi connectivity index (χ1n) is 2.77. The van der Waals surface area contributed by atoms with Crippen molar-refractivity contribution in [3.63, 3.8) is 0 Å². The van der Waals surface area contributed by atoms with Gasteiger partial charge in [-0.3, -0.25) is 0 Å². The smallest absolute Gasteiger partial charge is 0.0727 e. The van der Waals surface area contributed by atoms with Gasteiger partial charge < -0.3 is 9.90 Å². The molecule has 0 unspecified atom stereocenters. The summed E-state index contributed by atoms with van der Waals surface area (Å²) in [5, 5.41) is 10.4. The van der Waals surface area contributed by atoms with Gasteiger partial charge in [-0.05, 0) is 40.8 Å². The van der Waals surface area contributed by atoms with E-state index in [9.17, 15) is 9.90 Å². The molecule has 1 aromatic rings. The van der Waals surface area contributed by atoms with Gasteiger partial charge in [-0.15, -0.1) is 0 Å². The molecule has 0 aromatic heterocycles. The Morgan fingerprint density at radius 1 is 1.55 bits per heavy atom. The number of carboxylic acid groups (broad SMARTS) is 1. The van der Waals surface area contributed by atoms with Gasteiger partial charge in [0.15, 0.2) is 0 Å². The van der Waals surface area contributed by atoms with E-state index >= 15 is 0 Å². The van der Waals surface area contributed by atoms with Crippen molar-refractivity contribution >= 4 is 44.5 Å². The Bertz CT molecular complexity index is 298. The normalized spacial score (nSPS) is 9.64. The molecule has 11 heavy (non-hydrogen) atoms. The largest absolute Gasteiger partial charge is 0.545 e. The molecule has 0 aliphatic rings. The number of hydrogen-bond acceptors (Lipinski definition) is 2. The lowest BCUT2D eigenvalue weighted by Gasteiger charge is -2.04. The fourth-order valence-corrected chi connectivity index (χ4v) is 1.55. The summed E-state index contributed by atoms with van der Waals surface area (Å²) in [7, 11) is 0. The second-order valence-electron chi connectivity index (χ2n) is 1.91. The van der Waals surface area contributed by atoms with E-state index in [4.69, 9.17) is 0 Å². The van der Waals surface area contributed by atoms with Crippen LogP contribution in [0.1, 0.15) is 10.4 Å². The topological polar surface area (TPSA) is 40.1 Å². The van der Waals surface area contributed by atoms with Crippen molar-refractivity contribution in [2.75, 3.05) is 0 Å². The molecule has 0 aliphatic heterocycles. The minimum atomic E-state index is -1.16. The monoisotopic (exact) mass is 325 g/mol. The highest BCUT2D eigenvalue weighted by molar-refractivity contribution is 14.1. The number of halogens is 2. The van der Waals surface area contributed by atoms with Crippen LogP contribution < -0.4 is 5.11 Å². The van der Waals surface area contributed by atoms with Crippen molar-refractivity contribution in [1.29, 1.82) is 0 Å². The zero-order valence-corrected chi connectivity index (χ0v) is 9.05. The van der Waals surface area contributed by atoms with E-state index in [-0.39, 0.29) is 5.56 Å². The quantitative estimate of drug-likeness (QED) is 0.733. The SMILES string of the molecule is O=C([O-])c1cc(I)ccc1Br. The first kappa shape index (κ1) is 8.99. The van der Waals surface area contributed by atoms with E-state index in [1.165, 1.54) is 0 Å². The summed E-state index contributed by atoms with van der Waals surface area (Å²) >= 11 is 5.15. The molecule has 0 heterocycles. The summed E-state index contributed by atoms with van der Waals surface area (Å²) < 4.78 is 1.43. The molecule has 0 atom stereocenters. The maximum Gasteiger partial charge on any atom is 0.0727 e. The molecule has 58 valence electrons. The van der Waals surface area contributed by atoms with E-state index in [0.717, 1.165) is 3.57 Å². The number of hydrogen-bond donors (Lipinski definition) is 0.